The number of amides is 1. The van der Waals surface area contributed by atoms with Gasteiger partial charge in [0.15, 0.2) is 0 Å². The van der Waals surface area contributed by atoms with E-state index >= 15 is 0 Å². The molecule has 21 heavy (non-hydrogen) atoms. The normalized spacial score (nSPS) is 17.2. The summed E-state index contributed by atoms with van der Waals surface area (Å²) in [6.07, 6.45) is 4.68. The first kappa shape index (κ1) is 15.5. The first-order valence-electron chi connectivity index (χ1n) is 7.23. The van der Waals surface area contributed by atoms with Crippen molar-refractivity contribution < 1.29 is 19.4 Å². The largest absolute Gasteiger partial charge is 0.478 e. The molecule has 0 aromatic heterocycles. The molecule has 0 spiro atoms. The first-order valence-corrected chi connectivity index (χ1v) is 7.23. The van der Waals surface area contributed by atoms with Crippen LogP contribution >= 0.6 is 0 Å². The number of aromatic carboxylic acids is 1. The maximum absolute atomic E-state index is 12.4. The average Bonchev–Trinajstić information content (AvgIpc) is 2.53. The molecule has 1 aliphatic carbocycles. The Morgan fingerprint density at radius 1 is 1.19 bits per heavy atom. The Labute approximate surface area is 124 Å². The van der Waals surface area contributed by atoms with Crippen molar-refractivity contribution in [3.63, 3.8) is 0 Å². The molecule has 5 nitrogen and oxygen atoms in total. The van der Waals surface area contributed by atoms with Crippen LogP contribution in [0.15, 0.2) is 24.3 Å². The van der Waals surface area contributed by atoms with Crippen molar-refractivity contribution in [3.05, 3.63) is 35.4 Å². The van der Waals surface area contributed by atoms with Crippen LogP contribution in [-0.4, -0.2) is 29.7 Å². The molecule has 0 atom stereocenters. The van der Waals surface area contributed by atoms with Gasteiger partial charge in [-0.05, 0) is 30.5 Å². The van der Waals surface area contributed by atoms with Gasteiger partial charge in [0.25, 0.3) is 5.91 Å². The van der Waals surface area contributed by atoms with Gasteiger partial charge in [0.1, 0.15) is 5.60 Å². The van der Waals surface area contributed by atoms with Crippen LogP contribution in [-0.2, 0) is 16.1 Å². The quantitative estimate of drug-likeness (QED) is 0.873. The Hall–Kier alpha value is -1.88. The van der Waals surface area contributed by atoms with E-state index in [2.05, 4.69) is 5.32 Å². The minimum atomic E-state index is -0.953. The highest BCUT2D eigenvalue weighted by Gasteiger charge is 2.39. The third-order valence-electron chi connectivity index (χ3n) is 4.12. The summed E-state index contributed by atoms with van der Waals surface area (Å²) in [6.45, 7) is 0.379. The van der Waals surface area contributed by atoms with Gasteiger partial charge in [-0.1, -0.05) is 31.4 Å². The van der Waals surface area contributed by atoms with Gasteiger partial charge in [-0.15, -0.1) is 0 Å². The van der Waals surface area contributed by atoms with E-state index in [1.54, 1.807) is 19.2 Å². The molecule has 0 radical (unpaired) electrons. The molecule has 0 unspecified atom stereocenters. The van der Waals surface area contributed by atoms with Gasteiger partial charge in [-0.3, -0.25) is 4.79 Å². The molecule has 0 saturated heterocycles. The minimum Gasteiger partial charge on any atom is -0.478 e. The molecule has 0 bridgehead atoms. The molecule has 0 heterocycles. The number of ether oxygens (including phenoxy) is 1. The van der Waals surface area contributed by atoms with Gasteiger partial charge in [0.05, 0.1) is 5.56 Å². The lowest BCUT2D eigenvalue weighted by molar-refractivity contribution is -0.147. The predicted octanol–water partition coefficient (Wildman–Crippen LogP) is 2.35. The number of carboxylic acids is 1. The topological polar surface area (TPSA) is 75.6 Å². The third-order valence-corrected chi connectivity index (χ3v) is 4.12. The number of carbonyl (C=O) groups excluding carboxylic acids is 1. The summed E-state index contributed by atoms with van der Waals surface area (Å²) in [4.78, 5) is 23.1. The van der Waals surface area contributed by atoms with Crippen molar-refractivity contribution in [2.45, 2.75) is 44.2 Å². The second kappa shape index (κ2) is 6.72. The highest BCUT2D eigenvalue weighted by atomic mass is 16.5. The monoisotopic (exact) mass is 291 g/mol. The zero-order valence-corrected chi connectivity index (χ0v) is 12.2. The summed E-state index contributed by atoms with van der Waals surface area (Å²) in [5.41, 5.74) is 0.417. The van der Waals surface area contributed by atoms with Crippen LogP contribution in [0.2, 0.25) is 0 Å². The molecule has 1 amide bonds. The van der Waals surface area contributed by atoms with Crippen LogP contribution in [0, 0.1) is 0 Å². The molecule has 1 aromatic carbocycles. The third kappa shape index (κ3) is 3.61. The van der Waals surface area contributed by atoms with E-state index in [1.165, 1.54) is 12.1 Å². The number of carboxylic acid groups (broad SMARTS) is 1. The van der Waals surface area contributed by atoms with Gasteiger partial charge in [0, 0.05) is 13.7 Å². The molecule has 2 rings (SSSR count). The minimum absolute atomic E-state index is 0.0768. The maximum Gasteiger partial charge on any atom is 0.335 e. The molecule has 0 aliphatic heterocycles. The van der Waals surface area contributed by atoms with E-state index in [9.17, 15) is 9.59 Å². The van der Waals surface area contributed by atoms with E-state index in [0.29, 0.717) is 6.54 Å². The number of hydrogen-bond donors (Lipinski definition) is 2. The Kier molecular flexibility index (Phi) is 4.96. The molecule has 2 N–H and O–H groups in total. The summed E-state index contributed by atoms with van der Waals surface area (Å²) in [6, 6.07) is 6.50. The maximum atomic E-state index is 12.4. The van der Waals surface area contributed by atoms with Crippen LogP contribution in [0.5, 0.6) is 0 Å². The summed E-state index contributed by atoms with van der Waals surface area (Å²) in [5.74, 6) is -1.03. The van der Waals surface area contributed by atoms with Gasteiger partial charge in [-0.2, -0.15) is 0 Å². The SMILES string of the molecule is COC1(C(=O)NCc2ccc(C(=O)O)cc2)CCCCC1. The first-order chi connectivity index (χ1) is 10.1. The van der Waals surface area contributed by atoms with Gasteiger partial charge < -0.3 is 15.2 Å². The molecule has 114 valence electrons. The van der Waals surface area contributed by atoms with Crippen molar-refractivity contribution in [1.29, 1.82) is 0 Å². The van der Waals surface area contributed by atoms with E-state index in [0.717, 1.165) is 37.7 Å². The molecule has 1 aliphatic rings. The summed E-state index contributed by atoms with van der Waals surface area (Å²) >= 11 is 0. The van der Waals surface area contributed by atoms with Crippen LogP contribution in [0.4, 0.5) is 0 Å². The smallest absolute Gasteiger partial charge is 0.335 e. The zero-order valence-electron chi connectivity index (χ0n) is 12.2. The molecular formula is C16H21NO4. The van der Waals surface area contributed by atoms with Crippen molar-refractivity contribution in [1.82, 2.24) is 5.32 Å². The molecule has 1 aromatic rings. The van der Waals surface area contributed by atoms with Crippen LogP contribution in [0.25, 0.3) is 0 Å². The number of rotatable bonds is 5. The Morgan fingerprint density at radius 2 is 1.81 bits per heavy atom. The lowest BCUT2D eigenvalue weighted by atomic mass is 9.84. The van der Waals surface area contributed by atoms with Crippen LogP contribution in [0.3, 0.4) is 0 Å². The summed E-state index contributed by atoms with van der Waals surface area (Å²) in [5, 5.41) is 11.7. The van der Waals surface area contributed by atoms with Gasteiger partial charge in [0.2, 0.25) is 0 Å². The van der Waals surface area contributed by atoms with Crippen LogP contribution < -0.4 is 5.32 Å². The van der Waals surface area contributed by atoms with Crippen molar-refractivity contribution in [2.75, 3.05) is 7.11 Å². The number of methoxy groups -OCH3 is 1. The highest BCUT2D eigenvalue weighted by Crippen LogP contribution is 2.31. The Bertz CT molecular complexity index is 504. The van der Waals surface area contributed by atoms with Gasteiger partial charge >= 0.3 is 5.97 Å². The number of nitrogens with one attached hydrogen (secondary N) is 1. The standard InChI is InChI=1S/C16H21NO4/c1-21-16(9-3-2-4-10-16)15(20)17-11-12-5-7-13(8-6-12)14(18)19/h5-8H,2-4,9-11H2,1H3,(H,17,20)(H,18,19). The van der Waals surface area contributed by atoms with Gasteiger partial charge in [-0.25, -0.2) is 4.79 Å². The number of hydrogen-bond acceptors (Lipinski definition) is 3. The fourth-order valence-corrected chi connectivity index (χ4v) is 2.76. The van der Waals surface area contributed by atoms with Crippen molar-refractivity contribution in [3.8, 4) is 0 Å². The highest BCUT2D eigenvalue weighted by molar-refractivity contribution is 5.87. The lowest BCUT2D eigenvalue weighted by Gasteiger charge is -2.34. The predicted molar refractivity (Wildman–Crippen MR) is 78.1 cm³/mol. The molecule has 5 heteroatoms. The molecular weight excluding hydrogens is 270 g/mol. The molecule has 1 saturated carbocycles. The van der Waals surface area contributed by atoms with E-state index < -0.39 is 11.6 Å². The number of carbonyl (C=O) groups is 2. The fourth-order valence-electron chi connectivity index (χ4n) is 2.76. The second-order valence-electron chi connectivity index (χ2n) is 5.44. The van der Waals surface area contributed by atoms with E-state index in [1.807, 2.05) is 0 Å². The van der Waals surface area contributed by atoms with E-state index in [-0.39, 0.29) is 11.5 Å². The fraction of sp³-hybridized carbons (Fsp3) is 0.500. The van der Waals surface area contributed by atoms with E-state index in [4.69, 9.17) is 9.84 Å². The zero-order chi connectivity index (χ0) is 15.3. The summed E-state index contributed by atoms with van der Waals surface area (Å²) in [7, 11) is 1.59. The molecule has 1 fully saturated rings. The Morgan fingerprint density at radius 3 is 2.33 bits per heavy atom. The number of benzene rings is 1. The average molecular weight is 291 g/mol. The van der Waals surface area contributed by atoms with Crippen molar-refractivity contribution >= 4 is 11.9 Å². The lowest BCUT2D eigenvalue weighted by Crippen LogP contribution is -2.49. The Balaban J connectivity index is 1.95. The van der Waals surface area contributed by atoms with Crippen LogP contribution in [0.1, 0.15) is 48.0 Å². The summed E-state index contributed by atoms with van der Waals surface area (Å²) < 4.78 is 5.49. The van der Waals surface area contributed by atoms with Crippen molar-refractivity contribution in [2.24, 2.45) is 0 Å². The second-order valence-corrected chi connectivity index (χ2v) is 5.44.